The fourth-order valence-electron chi connectivity index (χ4n) is 7.30. The van der Waals surface area contributed by atoms with Crippen LogP contribution >= 0.6 is 11.6 Å². The molecule has 0 saturated heterocycles. The molecule has 1 N–H and O–H groups in total. The molecule has 0 spiro atoms. The first kappa shape index (κ1) is 24.9. The minimum atomic E-state index is -0.709. The van der Waals surface area contributed by atoms with E-state index in [1.54, 1.807) is 0 Å². The summed E-state index contributed by atoms with van der Waals surface area (Å²) in [7, 11) is 0. The Balaban J connectivity index is 1.51. The number of nitrogens with zero attached hydrogens (tertiary/aromatic N) is 1. The lowest BCUT2D eigenvalue weighted by Crippen LogP contribution is -2.77. The molecular weight excluding hydrogens is 458 g/mol. The van der Waals surface area contributed by atoms with Gasteiger partial charge in [0.25, 0.3) is 0 Å². The average Bonchev–Trinajstić information content (AvgIpc) is 2.68. The fraction of sp³-hybridized carbons (Fsp3) is 0.667. The Morgan fingerprint density at radius 3 is 2.40 bits per heavy atom. The van der Waals surface area contributed by atoms with Crippen LogP contribution in [-0.4, -0.2) is 27.4 Å². The molecule has 6 rings (SSSR count). The van der Waals surface area contributed by atoms with Gasteiger partial charge >= 0.3 is 5.97 Å². The van der Waals surface area contributed by atoms with E-state index >= 15 is 0 Å². The van der Waals surface area contributed by atoms with E-state index in [0.717, 1.165) is 36.3 Å². The number of fused-ring (bicyclic) bond motifs is 1. The first-order valence-electron chi connectivity index (χ1n) is 13.2. The van der Waals surface area contributed by atoms with Gasteiger partial charge in [-0.15, -0.1) is 0 Å². The summed E-state index contributed by atoms with van der Waals surface area (Å²) in [6, 6.07) is 6.52. The molecule has 4 aliphatic carbocycles. The molecule has 190 valence electrons. The number of hydrogen-bond acceptors (Lipinski definition) is 2. The molecule has 0 radical (unpaired) electrons. The van der Waals surface area contributed by atoms with Crippen molar-refractivity contribution in [1.29, 1.82) is 0 Å². The van der Waals surface area contributed by atoms with Gasteiger partial charge < -0.3 is 10.0 Å². The molecule has 2 atom stereocenters. The van der Waals surface area contributed by atoms with Crippen LogP contribution in [0.15, 0.2) is 30.0 Å². The molecule has 4 saturated carbocycles. The number of carboxylic acid groups (broad SMARTS) is 1. The van der Waals surface area contributed by atoms with Gasteiger partial charge in [0.2, 0.25) is 5.91 Å². The summed E-state index contributed by atoms with van der Waals surface area (Å²) in [6.45, 7) is 13.7. The lowest BCUT2D eigenvalue weighted by Gasteiger charge is -2.71. The van der Waals surface area contributed by atoms with Crippen molar-refractivity contribution in [2.45, 2.75) is 104 Å². The Labute approximate surface area is 215 Å². The third kappa shape index (κ3) is 3.69. The zero-order chi connectivity index (χ0) is 25.6. The highest BCUT2D eigenvalue weighted by Crippen LogP contribution is 2.71. The number of carbonyl (C=O) groups excluding carboxylic acids is 1. The van der Waals surface area contributed by atoms with Crippen LogP contribution in [0.4, 0.5) is 0 Å². The minimum Gasteiger partial charge on any atom is -0.481 e. The third-order valence-corrected chi connectivity index (χ3v) is 10.4. The highest BCUT2D eigenvalue weighted by molar-refractivity contribution is 6.31. The topological polar surface area (TPSA) is 57.6 Å². The highest BCUT2D eigenvalue weighted by Gasteiger charge is 2.75. The molecule has 1 heterocycles. The van der Waals surface area contributed by atoms with Crippen LogP contribution in [0.2, 0.25) is 5.02 Å². The van der Waals surface area contributed by atoms with Crippen LogP contribution in [0.25, 0.3) is 0 Å². The Morgan fingerprint density at radius 2 is 1.83 bits per heavy atom. The molecule has 0 aromatic heterocycles. The predicted molar refractivity (Wildman–Crippen MR) is 139 cm³/mol. The van der Waals surface area contributed by atoms with Gasteiger partial charge in [0.1, 0.15) is 0 Å². The van der Waals surface area contributed by atoms with Gasteiger partial charge in [-0.1, -0.05) is 65.3 Å². The van der Waals surface area contributed by atoms with Crippen molar-refractivity contribution in [3.05, 3.63) is 46.1 Å². The maximum absolute atomic E-state index is 13.7. The zero-order valence-electron chi connectivity index (χ0n) is 22.1. The van der Waals surface area contributed by atoms with Crippen molar-refractivity contribution >= 4 is 23.5 Å². The van der Waals surface area contributed by atoms with Gasteiger partial charge in [0, 0.05) is 23.1 Å². The highest BCUT2D eigenvalue weighted by atomic mass is 35.5. The summed E-state index contributed by atoms with van der Waals surface area (Å²) < 4.78 is 0. The van der Waals surface area contributed by atoms with Crippen molar-refractivity contribution < 1.29 is 14.7 Å². The molecule has 5 aliphatic rings. The van der Waals surface area contributed by atoms with Crippen molar-refractivity contribution in [3.63, 3.8) is 0 Å². The number of allylic oxidation sites excluding steroid dienone is 1. The number of aliphatic carboxylic acids is 1. The summed E-state index contributed by atoms with van der Waals surface area (Å²) in [6.07, 6.45) is 8.35. The Hall–Kier alpha value is -1.81. The van der Waals surface area contributed by atoms with E-state index in [2.05, 4.69) is 65.9 Å². The number of carbonyl (C=O) groups is 2. The number of aryl methyl sites for hydroxylation is 1. The van der Waals surface area contributed by atoms with Crippen LogP contribution in [0.1, 0.15) is 97.6 Å². The Morgan fingerprint density at radius 1 is 1.17 bits per heavy atom. The van der Waals surface area contributed by atoms with Gasteiger partial charge in [0.05, 0.1) is 11.0 Å². The lowest BCUT2D eigenvalue weighted by molar-refractivity contribution is -0.224. The van der Waals surface area contributed by atoms with E-state index in [1.165, 1.54) is 11.1 Å². The Bertz CT molecular complexity index is 1110. The van der Waals surface area contributed by atoms with E-state index in [1.807, 2.05) is 4.90 Å². The number of halogens is 1. The third-order valence-electron chi connectivity index (χ3n) is 10.1. The SMILES string of the molecule is CC1C2=CN(C34CC(C(=O)O)(C3)C4)C(=O)C[C@@]2(c2ccc(CCC(C)(C)C)c(Cl)c2)CCC1(C)C. The number of benzene rings is 1. The molecule has 2 bridgehead atoms. The monoisotopic (exact) mass is 497 g/mol. The maximum Gasteiger partial charge on any atom is 0.309 e. The first-order chi connectivity index (χ1) is 16.1. The molecule has 1 unspecified atom stereocenters. The van der Waals surface area contributed by atoms with E-state index < -0.39 is 11.4 Å². The van der Waals surface area contributed by atoms with Crippen LogP contribution < -0.4 is 0 Å². The fourth-order valence-corrected chi connectivity index (χ4v) is 7.58. The van der Waals surface area contributed by atoms with Crippen LogP contribution in [0.5, 0.6) is 0 Å². The molecule has 1 aromatic carbocycles. The summed E-state index contributed by atoms with van der Waals surface area (Å²) in [5.74, 6) is -0.265. The van der Waals surface area contributed by atoms with Gasteiger partial charge in [-0.2, -0.15) is 0 Å². The molecule has 35 heavy (non-hydrogen) atoms. The van der Waals surface area contributed by atoms with Gasteiger partial charge in [-0.25, -0.2) is 0 Å². The molecule has 1 aromatic rings. The van der Waals surface area contributed by atoms with Crippen molar-refractivity contribution in [2.75, 3.05) is 0 Å². The summed E-state index contributed by atoms with van der Waals surface area (Å²) >= 11 is 6.85. The summed E-state index contributed by atoms with van der Waals surface area (Å²) in [4.78, 5) is 27.3. The van der Waals surface area contributed by atoms with Crippen molar-refractivity contribution in [2.24, 2.45) is 22.2 Å². The van der Waals surface area contributed by atoms with E-state index in [-0.39, 0.29) is 27.7 Å². The van der Waals surface area contributed by atoms with Crippen LogP contribution in [0, 0.1) is 22.2 Å². The second-order valence-corrected chi connectivity index (χ2v) is 14.4. The van der Waals surface area contributed by atoms with E-state index in [0.29, 0.717) is 31.6 Å². The number of carboxylic acids is 1. The molecule has 4 nitrogen and oxygen atoms in total. The average molecular weight is 498 g/mol. The quantitative estimate of drug-likeness (QED) is 0.470. The van der Waals surface area contributed by atoms with E-state index in [4.69, 9.17) is 11.6 Å². The largest absolute Gasteiger partial charge is 0.481 e. The first-order valence-corrected chi connectivity index (χ1v) is 13.6. The summed E-state index contributed by atoms with van der Waals surface area (Å²) in [5.41, 5.74) is 2.83. The van der Waals surface area contributed by atoms with Crippen LogP contribution in [-0.2, 0) is 21.4 Å². The maximum atomic E-state index is 13.7. The number of rotatable bonds is 5. The zero-order valence-corrected chi connectivity index (χ0v) is 22.9. The Kier molecular flexibility index (Phi) is 5.40. The van der Waals surface area contributed by atoms with Gasteiger partial charge in [-0.05, 0) is 84.5 Å². The second kappa shape index (κ2) is 7.60. The standard InChI is InChI=1S/C30H40ClNO3/c1-19-22-15-32(29-16-28(17-29,18-29)25(34)35)24(33)14-30(22,12-11-27(19,5)6)21-8-7-20(23(31)13-21)9-10-26(2,3)4/h7-8,13,15,19H,9-12,14,16-18H2,1-6H3,(H,34,35)/t19?,28?,29?,30-/m1/s1. The van der Waals surface area contributed by atoms with E-state index in [9.17, 15) is 14.7 Å². The van der Waals surface area contributed by atoms with Crippen molar-refractivity contribution in [3.8, 4) is 0 Å². The normalized spacial score (nSPS) is 35.5. The van der Waals surface area contributed by atoms with Crippen LogP contribution in [0.3, 0.4) is 0 Å². The molecule has 5 heteroatoms. The smallest absolute Gasteiger partial charge is 0.309 e. The minimum absolute atomic E-state index is 0.132. The van der Waals surface area contributed by atoms with Crippen molar-refractivity contribution in [1.82, 2.24) is 4.90 Å². The lowest BCUT2D eigenvalue weighted by atomic mass is 9.38. The molecule has 4 fully saturated rings. The van der Waals surface area contributed by atoms with Gasteiger partial charge in [-0.3, -0.25) is 9.59 Å². The van der Waals surface area contributed by atoms with Gasteiger partial charge in [0.15, 0.2) is 0 Å². The number of amides is 1. The molecule has 1 aliphatic heterocycles. The molecule has 1 amide bonds. The molecular formula is C30H40ClNO3. The number of hydrogen-bond donors (Lipinski definition) is 1. The predicted octanol–water partition coefficient (Wildman–Crippen LogP) is 7.14. The second-order valence-electron chi connectivity index (χ2n) is 14.0. The summed E-state index contributed by atoms with van der Waals surface area (Å²) in [5, 5.41) is 10.4.